The summed E-state index contributed by atoms with van der Waals surface area (Å²) in [6.07, 6.45) is 14.8. The van der Waals surface area contributed by atoms with Gasteiger partial charge in [-0.2, -0.15) is 0 Å². The van der Waals surface area contributed by atoms with Crippen LogP contribution in [0.15, 0.2) is 0 Å². The van der Waals surface area contributed by atoms with Gasteiger partial charge in [-0.05, 0) is 190 Å². The lowest BCUT2D eigenvalue weighted by atomic mass is 9.98. The van der Waals surface area contributed by atoms with Crippen molar-refractivity contribution in [1.29, 1.82) is 0 Å². The molecule has 0 spiro atoms. The van der Waals surface area contributed by atoms with Crippen molar-refractivity contribution >= 4 is 76.9 Å². The number of aliphatic carboxylic acids is 1. The summed E-state index contributed by atoms with van der Waals surface area (Å²) in [7, 11) is 0. The van der Waals surface area contributed by atoms with Crippen molar-refractivity contribution in [2.75, 3.05) is 26.2 Å². The summed E-state index contributed by atoms with van der Waals surface area (Å²) < 4.78 is 0. The number of hydrogen-bond donors (Lipinski definition) is 17. The van der Waals surface area contributed by atoms with Crippen LogP contribution in [0.4, 0.5) is 0 Å². The summed E-state index contributed by atoms with van der Waals surface area (Å²) in [4.78, 5) is 182. The molecule has 22 N–H and O–H groups in total. The Kier molecular flexibility index (Phi) is 55.0. The molecule has 624 valence electrons. The van der Waals surface area contributed by atoms with Crippen molar-refractivity contribution in [3.63, 3.8) is 0 Å². The van der Waals surface area contributed by atoms with Gasteiger partial charge in [0.1, 0.15) is 66.5 Å². The van der Waals surface area contributed by atoms with E-state index in [0.717, 1.165) is 19.3 Å². The number of amides is 12. The Morgan fingerprint density at radius 2 is 0.454 bits per heavy atom. The largest absolute Gasteiger partial charge is 0.481 e. The van der Waals surface area contributed by atoms with Crippen LogP contribution in [0.25, 0.3) is 0 Å². The first-order valence-electron chi connectivity index (χ1n) is 40.7. The van der Waals surface area contributed by atoms with Gasteiger partial charge in [0.05, 0.1) is 0 Å². The van der Waals surface area contributed by atoms with Gasteiger partial charge in [0.2, 0.25) is 70.9 Å². The standard InChI is InChI=1S/C78H148N16O14/c1-14-15-16-17-18-19-20-21-22-23-36-66(95)84-61(44-50(4)5)74(104)86-55(32-24-28-39-79)69(99)85-58(35-27-31-42-82)72(102)91-64(47-53(10)11)77(107)93-62(45-51(6)7)75(105)87-56(33-25-29-40-80)70(100)89-59(37-38-67(96)97)73(103)92-65(48-54(12)13)78(108)94-63(46-52(8)9)76(106)88-57(34-26-30-41-81)71(101)90-60(68(83)98)43-49(2)3/h49-65H,14-48,79-82H2,1-13H3,(H2,83,98)(H,84,95)(H,85,99)(H,86,104)(H,87,105)(H,88,106)(H,89,100)(H,90,101)(H,91,102)(H,92,103)(H,93,107)(H,94,108)(H,96,97)/t55-,56-,57-,58-,59-,60-,61-,62-,63-,64-,65-/m0/s1. The van der Waals surface area contributed by atoms with E-state index in [4.69, 9.17) is 28.7 Å². The van der Waals surface area contributed by atoms with Crippen LogP contribution in [0.3, 0.4) is 0 Å². The molecule has 0 heterocycles. The van der Waals surface area contributed by atoms with E-state index in [1.165, 1.54) is 38.5 Å². The monoisotopic (exact) mass is 1530 g/mol. The predicted octanol–water partition coefficient (Wildman–Crippen LogP) is 4.77. The third-order valence-electron chi connectivity index (χ3n) is 18.4. The second-order valence-corrected chi connectivity index (χ2v) is 31.9. The Bertz CT molecular complexity index is 2670. The normalized spacial score (nSPS) is 14.6. The van der Waals surface area contributed by atoms with Gasteiger partial charge in [-0.1, -0.05) is 148 Å². The van der Waals surface area contributed by atoms with Crippen molar-refractivity contribution in [1.82, 2.24) is 58.5 Å². The molecule has 108 heavy (non-hydrogen) atoms. The fourth-order valence-electron chi connectivity index (χ4n) is 12.6. The molecule has 0 aliphatic carbocycles. The first-order chi connectivity index (χ1) is 51.0. The van der Waals surface area contributed by atoms with Crippen molar-refractivity contribution in [2.45, 2.75) is 356 Å². The SMILES string of the molecule is CCCCCCCCCCCCC(=O)N[C@@H](CC(C)C)C(=O)N[C@@H](CCCCN)C(=O)N[C@@H](CCCCN)C(=O)N[C@@H](CC(C)C)C(=O)N[C@@H](CC(C)C)C(=O)N[C@@H](CCCCN)C(=O)N[C@@H](CCC(=O)O)C(=O)N[C@@H](CC(C)C)C(=O)N[C@@H](CC(C)C)C(=O)N[C@@H](CCCCN)C(=O)N[C@@H](CC(C)C)C(N)=O. The Labute approximate surface area is 645 Å². The zero-order valence-electron chi connectivity index (χ0n) is 68.2. The predicted molar refractivity (Wildman–Crippen MR) is 422 cm³/mol. The fraction of sp³-hybridized carbons (Fsp3) is 0.833. The van der Waals surface area contributed by atoms with E-state index in [1.807, 2.05) is 69.2 Å². The van der Waals surface area contributed by atoms with E-state index >= 15 is 0 Å². The molecule has 0 aromatic rings. The molecular weight excluding hydrogens is 1380 g/mol. The molecule has 11 atom stereocenters. The number of rotatable bonds is 64. The maximum atomic E-state index is 14.7. The number of hydrogen-bond acceptors (Lipinski definition) is 17. The third-order valence-corrected chi connectivity index (χ3v) is 18.4. The highest BCUT2D eigenvalue weighted by atomic mass is 16.4. The zero-order chi connectivity index (χ0) is 81.8. The van der Waals surface area contributed by atoms with Crippen LogP contribution in [0.5, 0.6) is 0 Å². The Morgan fingerprint density at radius 1 is 0.250 bits per heavy atom. The number of nitrogens with two attached hydrogens (primary N) is 5. The van der Waals surface area contributed by atoms with Crippen LogP contribution >= 0.6 is 0 Å². The molecule has 12 amide bonds. The second kappa shape index (κ2) is 58.9. The molecule has 0 radical (unpaired) electrons. The molecule has 0 saturated heterocycles. The molecule has 0 fully saturated rings. The summed E-state index contributed by atoms with van der Waals surface area (Å²) >= 11 is 0. The number of carboxylic acids is 1. The number of primary amides is 1. The van der Waals surface area contributed by atoms with E-state index in [2.05, 4.69) is 65.4 Å². The zero-order valence-corrected chi connectivity index (χ0v) is 68.2. The van der Waals surface area contributed by atoms with Crippen molar-refractivity contribution in [2.24, 2.45) is 64.2 Å². The van der Waals surface area contributed by atoms with Crippen LogP contribution < -0.4 is 87.2 Å². The van der Waals surface area contributed by atoms with Crippen LogP contribution in [0.1, 0.15) is 289 Å². The van der Waals surface area contributed by atoms with Gasteiger partial charge in [-0.15, -0.1) is 0 Å². The summed E-state index contributed by atoms with van der Waals surface area (Å²) in [6, 6.07) is -13.7. The maximum Gasteiger partial charge on any atom is 0.303 e. The van der Waals surface area contributed by atoms with Gasteiger partial charge in [0, 0.05) is 12.8 Å². The highest BCUT2D eigenvalue weighted by molar-refractivity contribution is 5.99. The fourth-order valence-corrected chi connectivity index (χ4v) is 12.6. The van der Waals surface area contributed by atoms with Gasteiger partial charge in [0.25, 0.3) is 0 Å². The molecule has 0 unspecified atom stereocenters. The Balaban J connectivity index is 7.08. The lowest BCUT2D eigenvalue weighted by Gasteiger charge is -2.29. The lowest BCUT2D eigenvalue weighted by Crippen LogP contribution is -2.61. The molecule has 30 nitrogen and oxygen atoms in total. The van der Waals surface area contributed by atoms with Crippen molar-refractivity contribution in [3.05, 3.63) is 0 Å². The molecular formula is C78H148N16O14. The lowest BCUT2D eigenvalue weighted by molar-refractivity contribution is -0.139. The van der Waals surface area contributed by atoms with Gasteiger partial charge in [-0.25, -0.2) is 0 Å². The minimum atomic E-state index is -1.60. The topological polar surface area (TPSA) is 505 Å². The highest BCUT2D eigenvalue weighted by Crippen LogP contribution is 2.18. The van der Waals surface area contributed by atoms with Crippen LogP contribution in [0.2, 0.25) is 0 Å². The number of nitrogens with one attached hydrogen (secondary N) is 11. The van der Waals surface area contributed by atoms with Crippen LogP contribution in [0, 0.1) is 35.5 Å². The first kappa shape index (κ1) is 101. The summed E-state index contributed by atoms with van der Waals surface area (Å²) in [5.41, 5.74) is 29.0. The quantitative estimate of drug-likeness (QED) is 0.0365. The van der Waals surface area contributed by atoms with E-state index in [1.54, 1.807) is 13.8 Å². The number of unbranched alkanes of at least 4 members (excludes halogenated alkanes) is 13. The van der Waals surface area contributed by atoms with Crippen LogP contribution in [-0.2, 0) is 62.3 Å². The van der Waals surface area contributed by atoms with Crippen molar-refractivity contribution < 1.29 is 67.4 Å². The molecule has 0 aromatic carbocycles. The number of carbonyl (C=O) groups excluding carboxylic acids is 12. The van der Waals surface area contributed by atoms with Crippen molar-refractivity contribution in [3.8, 4) is 0 Å². The Hall–Kier alpha value is -7.05. The summed E-state index contributed by atoms with van der Waals surface area (Å²) in [5.74, 6) is -10.7. The van der Waals surface area contributed by atoms with Crippen LogP contribution in [-0.4, -0.2) is 175 Å². The third kappa shape index (κ3) is 47.1. The molecule has 0 bridgehead atoms. The molecule has 0 aliphatic rings. The minimum absolute atomic E-state index is 0.00357. The minimum Gasteiger partial charge on any atom is -0.481 e. The molecule has 0 aromatic heterocycles. The summed E-state index contributed by atoms with van der Waals surface area (Å²) in [5, 5.41) is 40.4. The average molecular weight is 1530 g/mol. The Morgan fingerprint density at radius 3 is 0.685 bits per heavy atom. The van der Waals surface area contributed by atoms with Gasteiger partial charge >= 0.3 is 5.97 Å². The van der Waals surface area contributed by atoms with E-state index in [0.29, 0.717) is 70.9 Å². The van der Waals surface area contributed by atoms with E-state index < -0.39 is 150 Å². The number of carbonyl (C=O) groups is 13. The highest BCUT2D eigenvalue weighted by Gasteiger charge is 2.38. The molecule has 0 aliphatic heterocycles. The average Bonchev–Trinajstić information content (AvgIpc) is 0.858. The molecule has 0 rings (SSSR count). The molecule has 30 heteroatoms. The van der Waals surface area contributed by atoms with E-state index in [-0.39, 0.29) is 125 Å². The smallest absolute Gasteiger partial charge is 0.303 e. The second-order valence-electron chi connectivity index (χ2n) is 31.9. The first-order valence-corrected chi connectivity index (χ1v) is 40.7. The van der Waals surface area contributed by atoms with Gasteiger partial charge < -0.3 is 92.3 Å². The van der Waals surface area contributed by atoms with E-state index in [9.17, 15) is 67.4 Å². The maximum absolute atomic E-state index is 14.7. The van der Waals surface area contributed by atoms with Gasteiger partial charge in [0.15, 0.2) is 0 Å². The molecule has 0 saturated carbocycles. The van der Waals surface area contributed by atoms with Gasteiger partial charge in [-0.3, -0.25) is 62.3 Å². The summed E-state index contributed by atoms with van der Waals surface area (Å²) in [6.45, 7) is 25.4. The number of carboxylic acid groups (broad SMARTS) is 1.